The zero-order valence-corrected chi connectivity index (χ0v) is 10.8. The largest absolute Gasteiger partial charge is 0.383 e. The Balaban J connectivity index is 2.36. The minimum absolute atomic E-state index is 0.397. The first-order valence-corrected chi connectivity index (χ1v) is 7.43. The van der Waals surface area contributed by atoms with Crippen LogP contribution in [0.1, 0.15) is 19.8 Å². The van der Waals surface area contributed by atoms with Crippen molar-refractivity contribution in [2.24, 2.45) is 0 Å². The van der Waals surface area contributed by atoms with Gasteiger partial charge in [0.15, 0.2) is 0 Å². The highest BCUT2D eigenvalue weighted by atomic mass is 32.2. The number of benzene rings is 1. The number of hydrogen-bond acceptors (Lipinski definition) is 3. The summed E-state index contributed by atoms with van der Waals surface area (Å²) in [6.07, 6.45) is 1.91. The number of unbranched alkanes of at least 4 members (excludes halogenated alkanes) is 1. The molecule has 4 nitrogen and oxygen atoms in total. The Kier molecular flexibility index (Phi) is 3.69. The van der Waals surface area contributed by atoms with Crippen molar-refractivity contribution in [3.05, 3.63) is 24.3 Å². The Hall–Kier alpha value is -1.07. The van der Waals surface area contributed by atoms with Crippen LogP contribution in [-0.2, 0) is 10.0 Å². The van der Waals surface area contributed by atoms with Gasteiger partial charge in [-0.2, -0.15) is 4.31 Å². The lowest BCUT2D eigenvalue weighted by Gasteiger charge is -2.19. The molecule has 1 N–H and O–H groups in total. The van der Waals surface area contributed by atoms with E-state index in [1.165, 1.54) is 0 Å². The van der Waals surface area contributed by atoms with Gasteiger partial charge in [-0.1, -0.05) is 25.5 Å². The fourth-order valence-electron chi connectivity index (χ4n) is 1.98. The van der Waals surface area contributed by atoms with Crippen LogP contribution in [0.15, 0.2) is 29.2 Å². The van der Waals surface area contributed by atoms with Crippen LogP contribution in [0.25, 0.3) is 0 Å². The van der Waals surface area contributed by atoms with E-state index in [-0.39, 0.29) is 0 Å². The van der Waals surface area contributed by atoms with Gasteiger partial charge in [-0.05, 0) is 18.6 Å². The molecular weight excluding hydrogens is 236 g/mol. The Bertz CT molecular complexity index is 483. The highest BCUT2D eigenvalue weighted by molar-refractivity contribution is 7.89. The molecule has 1 aliphatic heterocycles. The molecule has 0 saturated carbocycles. The quantitative estimate of drug-likeness (QED) is 0.896. The van der Waals surface area contributed by atoms with Gasteiger partial charge in [0.2, 0.25) is 10.0 Å². The van der Waals surface area contributed by atoms with Gasteiger partial charge >= 0.3 is 0 Å². The van der Waals surface area contributed by atoms with Crippen LogP contribution in [0.3, 0.4) is 0 Å². The van der Waals surface area contributed by atoms with Crippen LogP contribution in [0.2, 0.25) is 0 Å². The molecule has 0 bridgehead atoms. The summed E-state index contributed by atoms with van der Waals surface area (Å²) in [6.45, 7) is 3.88. The lowest BCUT2D eigenvalue weighted by atomic mass is 10.3. The van der Waals surface area contributed by atoms with E-state index in [1.54, 1.807) is 16.4 Å². The van der Waals surface area contributed by atoms with Gasteiger partial charge < -0.3 is 5.32 Å². The predicted octanol–water partition coefficient (Wildman–Crippen LogP) is 1.90. The zero-order chi connectivity index (χ0) is 12.3. The molecule has 5 heteroatoms. The van der Waals surface area contributed by atoms with E-state index in [0.717, 1.165) is 12.8 Å². The van der Waals surface area contributed by atoms with Crippen LogP contribution in [0, 0.1) is 0 Å². The Morgan fingerprint density at radius 3 is 2.88 bits per heavy atom. The maximum Gasteiger partial charge on any atom is 0.245 e. The highest BCUT2D eigenvalue weighted by Crippen LogP contribution is 2.26. The van der Waals surface area contributed by atoms with Gasteiger partial charge in [-0.3, -0.25) is 0 Å². The molecule has 0 atom stereocenters. The van der Waals surface area contributed by atoms with Gasteiger partial charge in [-0.15, -0.1) is 0 Å². The van der Waals surface area contributed by atoms with Crippen molar-refractivity contribution in [1.82, 2.24) is 4.31 Å². The second-order valence-corrected chi connectivity index (χ2v) is 6.09. The standard InChI is InChI=1S/C12H18N2O2S/c1-2-3-9-14-10-8-13-11-6-4-5-7-12(11)17(14,15)16/h4-7,13H,2-3,8-10H2,1H3. The Morgan fingerprint density at radius 2 is 2.12 bits per heavy atom. The monoisotopic (exact) mass is 254 g/mol. The predicted molar refractivity (Wildman–Crippen MR) is 68.6 cm³/mol. The number of nitrogens with one attached hydrogen (secondary N) is 1. The molecule has 17 heavy (non-hydrogen) atoms. The summed E-state index contributed by atoms with van der Waals surface area (Å²) in [5.74, 6) is 0. The maximum atomic E-state index is 12.4. The summed E-state index contributed by atoms with van der Waals surface area (Å²) < 4.78 is 26.4. The van der Waals surface area contributed by atoms with Crippen molar-refractivity contribution in [3.63, 3.8) is 0 Å². The van der Waals surface area contributed by atoms with E-state index >= 15 is 0 Å². The second-order valence-electron chi connectivity index (χ2n) is 4.18. The number of fused-ring (bicyclic) bond motifs is 1. The molecule has 0 unspecified atom stereocenters. The minimum Gasteiger partial charge on any atom is -0.383 e. The molecule has 1 aliphatic rings. The van der Waals surface area contributed by atoms with Crippen LogP contribution >= 0.6 is 0 Å². The average molecular weight is 254 g/mol. The molecule has 2 rings (SSSR count). The van der Waals surface area contributed by atoms with Crippen molar-refractivity contribution in [2.75, 3.05) is 25.0 Å². The molecule has 0 aliphatic carbocycles. The maximum absolute atomic E-state index is 12.4. The number of rotatable bonds is 3. The van der Waals surface area contributed by atoms with Crippen LogP contribution in [0.4, 0.5) is 5.69 Å². The van der Waals surface area contributed by atoms with E-state index < -0.39 is 10.0 Å². The Morgan fingerprint density at radius 1 is 1.35 bits per heavy atom. The molecule has 94 valence electrons. The third-order valence-electron chi connectivity index (χ3n) is 2.94. The van der Waals surface area contributed by atoms with Crippen molar-refractivity contribution in [2.45, 2.75) is 24.7 Å². The van der Waals surface area contributed by atoms with Crippen molar-refractivity contribution in [1.29, 1.82) is 0 Å². The van der Waals surface area contributed by atoms with Gasteiger partial charge in [0.05, 0.1) is 5.69 Å². The van der Waals surface area contributed by atoms with Crippen molar-refractivity contribution >= 4 is 15.7 Å². The summed E-state index contributed by atoms with van der Waals surface area (Å²) >= 11 is 0. The smallest absolute Gasteiger partial charge is 0.245 e. The van der Waals surface area contributed by atoms with Gasteiger partial charge in [0, 0.05) is 19.6 Å². The topological polar surface area (TPSA) is 49.4 Å². The van der Waals surface area contributed by atoms with Gasteiger partial charge in [0.25, 0.3) is 0 Å². The summed E-state index contributed by atoms with van der Waals surface area (Å²) in [4.78, 5) is 0.397. The molecule has 1 heterocycles. The van der Waals surface area contributed by atoms with E-state index in [1.807, 2.05) is 12.1 Å². The van der Waals surface area contributed by atoms with Gasteiger partial charge in [-0.25, -0.2) is 8.42 Å². The molecular formula is C12H18N2O2S. The average Bonchev–Trinajstić information content (AvgIpc) is 2.45. The number of sulfonamides is 1. The fraction of sp³-hybridized carbons (Fsp3) is 0.500. The lowest BCUT2D eigenvalue weighted by molar-refractivity contribution is 0.417. The first-order valence-electron chi connectivity index (χ1n) is 5.99. The third kappa shape index (κ3) is 2.45. The van der Waals surface area contributed by atoms with E-state index in [2.05, 4.69) is 12.2 Å². The van der Waals surface area contributed by atoms with E-state index in [0.29, 0.717) is 30.2 Å². The summed E-state index contributed by atoms with van der Waals surface area (Å²) in [7, 11) is -3.32. The molecule has 0 amide bonds. The number of hydrogen-bond donors (Lipinski definition) is 1. The molecule has 0 spiro atoms. The molecule has 0 radical (unpaired) electrons. The van der Waals surface area contributed by atoms with Crippen molar-refractivity contribution < 1.29 is 8.42 Å². The van der Waals surface area contributed by atoms with Crippen LogP contribution < -0.4 is 5.32 Å². The van der Waals surface area contributed by atoms with Gasteiger partial charge in [0.1, 0.15) is 4.90 Å². The molecule has 0 fully saturated rings. The minimum atomic E-state index is -3.32. The normalized spacial score (nSPS) is 19.1. The fourth-order valence-corrected chi connectivity index (χ4v) is 3.63. The summed E-state index contributed by atoms with van der Waals surface area (Å²) in [6, 6.07) is 7.10. The number of nitrogens with zero attached hydrogens (tertiary/aromatic N) is 1. The molecule has 0 aromatic heterocycles. The second kappa shape index (κ2) is 5.06. The number of anilines is 1. The first kappa shape index (κ1) is 12.4. The molecule has 0 saturated heterocycles. The summed E-state index contributed by atoms with van der Waals surface area (Å²) in [5, 5.41) is 3.17. The van der Waals surface area contributed by atoms with E-state index in [4.69, 9.17) is 0 Å². The number of para-hydroxylation sites is 1. The molecule has 1 aromatic rings. The van der Waals surface area contributed by atoms with Crippen LogP contribution in [0.5, 0.6) is 0 Å². The summed E-state index contributed by atoms with van der Waals surface area (Å²) in [5.41, 5.74) is 0.714. The molecule has 1 aromatic carbocycles. The van der Waals surface area contributed by atoms with Crippen LogP contribution in [-0.4, -0.2) is 32.4 Å². The zero-order valence-electron chi connectivity index (χ0n) is 10.0. The first-order chi connectivity index (χ1) is 8.16. The highest BCUT2D eigenvalue weighted by Gasteiger charge is 2.28. The third-order valence-corrected chi connectivity index (χ3v) is 4.90. The SMILES string of the molecule is CCCCN1CCNc2ccccc2S1(=O)=O. The lowest BCUT2D eigenvalue weighted by Crippen LogP contribution is -2.33. The Labute approximate surface area is 103 Å². The van der Waals surface area contributed by atoms with Crippen molar-refractivity contribution in [3.8, 4) is 0 Å². The van der Waals surface area contributed by atoms with E-state index in [9.17, 15) is 8.42 Å².